The first kappa shape index (κ1) is 14.2. The van der Waals surface area contributed by atoms with Gasteiger partial charge in [0.2, 0.25) is 0 Å². The van der Waals surface area contributed by atoms with Gasteiger partial charge in [0, 0.05) is 12.5 Å². The van der Waals surface area contributed by atoms with Gasteiger partial charge in [0.05, 0.1) is 7.11 Å². The first-order chi connectivity index (χ1) is 8.59. The number of hydrogen-bond donors (Lipinski definition) is 0. The Balaban J connectivity index is 2.14. The summed E-state index contributed by atoms with van der Waals surface area (Å²) in [6.45, 7) is 10.3. The second-order valence-electron chi connectivity index (χ2n) is 7.05. The molecule has 0 aromatic heterocycles. The average molecular weight is 269 g/mol. The molecule has 2 aliphatic rings. The Hall–Kier alpha value is -1.26. The Morgan fingerprint density at radius 1 is 1.26 bits per heavy atom. The van der Waals surface area contributed by atoms with E-state index in [4.69, 9.17) is 9.47 Å². The van der Waals surface area contributed by atoms with Gasteiger partial charge in [0.25, 0.3) is 0 Å². The van der Waals surface area contributed by atoms with Crippen LogP contribution in [0.1, 0.15) is 34.6 Å². The van der Waals surface area contributed by atoms with Gasteiger partial charge in [-0.05, 0) is 32.1 Å². The normalized spacial score (nSPS) is 31.7. The monoisotopic (exact) mass is 269 g/mol. The number of methoxy groups -OCH3 is 1. The second kappa shape index (κ2) is 4.12. The van der Waals surface area contributed by atoms with Crippen molar-refractivity contribution >= 4 is 12.1 Å². The lowest BCUT2D eigenvalue weighted by atomic mass is 10.0. The lowest BCUT2D eigenvalue weighted by Crippen LogP contribution is -2.47. The molecule has 1 aliphatic heterocycles. The summed E-state index contributed by atoms with van der Waals surface area (Å²) in [6.07, 6.45) is -0.425. The summed E-state index contributed by atoms with van der Waals surface area (Å²) in [5.74, 6) is 0.209. The van der Waals surface area contributed by atoms with Crippen LogP contribution in [0.2, 0.25) is 0 Å². The number of esters is 1. The zero-order chi connectivity index (χ0) is 14.6. The van der Waals surface area contributed by atoms with Crippen LogP contribution < -0.4 is 0 Å². The number of hydrogen-bond acceptors (Lipinski definition) is 4. The minimum atomic E-state index is -0.556. The maximum absolute atomic E-state index is 12.2. The predicted octanol–water partition coefficient (Wildman–Crippen LogP) is 2.05. The number of fused-ring (bicyclic) bond motifs is 1. The SMILES string of the molecule is COC(=O)C1[C@@H]2C(CN1C(=O)OC(C)(C)C)C2(C)C. The number of carbonyl (C=O) groups excluding carboxylic acids is 2. The molecule has 2 rings (SSSR count). The van der Waals surface area contributed by atoms with Gasteiger partial charge in [0.15, 0.2) is 0 Å². The molecule has 1 aliphatic carbocycles. The average Bonchev–Trinajstić information content (AvgIpc) is 2.65. The summed E-state index contributed by atoms with van der Waals surface area (Å²) in [6, 6.07) is -0.500. The molecule has 108 valence electrons. The number of amides is 1. The van der Waals surface area contributed by atoms with Crippen molar-refractivity contribution in [2.45, 2.75) is 46.3 Å². The van der Waals surface area contributed by atoms with E-state index in [-0.39, 0.29) is 17.3 Å². The molecule has 2 fully saturated rings. The van der Waals surface area contributed by atoms with Crippen molar-refractivity contribution in [3.8, 4) is 0 Å². The van der Waals surface area contributed by atoms with Gasteiger partial charge in [-0.3, -0.25) is 4.90 Å². The zero-order valence-electron chi connectivity index (χ0n) is 12.5. The Bertz CT molecular complexity index is 410. The molecule has 1 heterocycles. The van der Waals surface area contributed by atoms with Gasteiger partial charge in [-0.15, -0.1) is 0 Å². The Morgan fingerprint density at radius 2 is 1.84 bits per heavy atom. The number of ether oxygens (including phenoxy) is 2. The standard InChI is InChI=1S/C14H23NO4/c1-13(2,3)19-12(17)15-7-8-9(14(8,4)5)10(15)11(16)18-6/h8-10H,7H2,1-6H3/t8?,9-,10?/m0/s1. The quantitative estimate of drug-likeness (QED) is 0.684. The van der Waals surface area contributed by atoms with E-state index in [0.29, 0.717) is 12.5 Å². The first-order valence-electron chi connectivity index (χ1n) is 6.67. The molecule has 0 radical (unpaired) electrons. The summed E-state index contributed by atoms with van der Waals surface area (Å²) in [7, 11) is 1.36. The van der Waals surface area contributed by atoms with Crippen LogP contribution in [0.5, 0.6) is 0 Å². The molecule has 1 saturated carbocycles. The number of piperidine rings is 1. The van der Waals surface area contributed by atoms with Gasteiger partial charge in [-0.2, -0.15) is 0 Å². The van der Waals surface area contributed by atoms with Crippen LogP contribution in [0.15, 0.2) is 0 Å². The van der Waals surface area contributed by atoms with Crippen LogP contribution in [0.3, 0.4) is 0 Å². The zero-order valence-corrected chi connectivity index (χ0v) is 12.5. The molecule has 0 N–H and O–H groups in total. The molecule has 0 aromatic carbocycles. The Kier molecular flexibility index (Phi) is 3.07. The van der Waals surface area contributed by atoms with E-state index in [1.807, 2.05) is 20.8 Å². The van der Waals surface area contributed by atoms with Crippen LogP contribution in [-0.4, -0.2) is 42.3 Å². The third-order valence-electron chi connectivity index (χ3n) is 4.28. The van der Waals surface area contributed by atoms with Gasteiger partial charge in [-0.25, -0.2) is 9.59 Å². The first-order valence-corrected chi connectivity index (χ1v) is 6.67. The van der Waals surface area contributed by atoms with Crippen LogP contribution in [-0.2, 0) is 14.3 Å². The fourth-order valence-electron chi connectivity index (χ4n) is 3.18. The molecule has 1 saturated heterocycles. The maximum atomic E-state index is 12.2. The molecule has 0 spiro atoms. The lowest BCUT2D eigenvalue weighted by molar-refractivity contribution is -0.147. The van der Waals surface area contributed by atoms with Crippen molar-refractivity contribution in [3.05, 3.63) is 0 Å². The fraction of sp³-hybridized carbons (Fsp3) is 0.857. The van der Waals surface area contributed by atoms with Gasteiger partial charge >= 0.3 is 12.1 Å². The van der Waals surface area contributed by atoms with E-state index >= 15 is 0 Å². The summed E-state index contributed by atoms with van der Waals surface area (Å²) in [5.41, 5.74) is -0.447. The van der Waals surface area contributed by atoms with Gasteiger partial charge < -0.3 is 9.47 Å². The third-order valence-corrected chi connectivity index (χ3v) is 4.28. The van der Waals surface area contributed by atoms with Gasteiger partial charge in [-0.1, -0.05) is 13.8 Å². The van der Waals surface area contributed by atoms with E-state index < -0.39 is 17.7 Å². The molecule has 5 heteroatoms. The van der Waals surface area contributed by atoms with Crippen molar-refractivity contribution in [2.75, 3.05) is 13.7 Å². The van der Waals surface area contributed by atoms with Crippen LogP contribution >= 0.6 is 0 Å². The molecule has 0 bridgehead atoms. The topological polar surface area (TPSA) is 55.8 Å². The molecular formula is C14H23NO4. The highest BCUT2D eigenvalue weighted by atomic mass is 16.6. The van der Waals surface area contributed by atoms with E-state index in [0.717, 1.165) is 0 Å². The highest BCUT2D eigenvalue weighted by molar-refractivity contribution is 5.83. The molecule has 1 amide bonds. The molecule has 0 aromatic rings. The highest BCUT2D eigenvalue weighted by Crippen LogP contribution is 2.65. The van der Waals surface area contributed by atoms with Crippen LogP contribution in [0, 0.1) is 17.3 Å². The highest BCUT2D eigenvalue weighted by Gasteiger charge is 2.70. The maximum Gasteiger partial charge on any atom is 0.411 e. The van der Waals surface area contributed by atoms with Crippen molar-refractivity contribution in [2.24, 2.45) is 17.3 Å². The van der Waals surface area contributed by atoms with E-state index in [1.165, 1.54) is 12.0 Å². The van der Waals surface area contributed by atoms with Crippen molar-refractivity contribution in [1.82, 2.24) is 4.90 Å². The predicted molar refractivity (Wildman–Crippen MR) is 69.5 cm³/mol. The summed E-state index contributed by atoms with van der Waals surface area (Å²) < 4.78 is 10.2. The Labute approximate surface area is 114 Å². The summed E-state index contributed by atoms with van der Waals surface area (Å²) in [4.78, 5) is 25.6. The Morgan fingerprint density at radius 3 is 2.32 bits per heavy atom. The lowest BCUT2D eigenvalue weighted by Gasteiger charge is -2.31. The number of likely N-dealkylation sites (tertiary alicyclic amines) is 1. The van der Waals surface area contributed by atoms with E-state index in [2.05, 4.69) is 13.8 Å². The molecule has 5 nitrogen and oxygen atoms in total. The number of nitrogens with zero attached hydrogens (tertiary/aromatic N) is 1. The van der Waals surface area contributed by atoms with Crippen molar-refractivity contribution in [1.29, 1.82) is 0 Å². The van der Waals surface area contributed by atoms with Gasteiger partial charge in [0.1, 0.15) is 11.6 Å². The summed E-state index contributed by atoms with van der Waals surface area (Å²) >= 11 is 0. The van der Waals surface area contributed by atoms with Crippen molar-refractivity contribution < 1.29 is 19.1 Å². The second-order valence-corrected chi connectivity index (χ2v) is 7.05. The summed E-state index contributed by atoms with van der Waals surface area (Å²) in [5, 5.41) is 0. The third kappa shape index (κ3) is 2.30. The number of carbonyl (C=O) groups is 2. The smallest absolute Gasteiger partial charge is 0.411 e. The number of rotatable bonds is 1. The van der Waals surface area contributed by atoms with Crippen LogP contribution in [0.4, 0.5) is 4.79 Å². The molecule has 2 unspecified atom stereocenters. The molecular weight excluding hydrogens is 246 g/mol. The largest absolute Gasteiger partial charge is 0.467 e. The minimum Gasteiger partial charge on any atom is -0.467 e. The molecule has 3 atom stereocenters. The molecule has 19 heavy (non-hydrogen) atoms. The van der Waals surface area contributed by atoms with Crippen molar-refractivity contribution in [3.63, 3.8) is 0 Å². The van der Waals surface area contributed by atoms with E-state index in [1.54, 1.807) is 0 Å². The van der Waals surface area contributed by atoms with Crippen LogP contribution in [0.25, 0.3) is 0 Å². The van der Waals surface area contributed by atoms with E-state index in [9.17, 15) is 9.59 Å². The minimum absolute atomic E-state index is 0.109. The fourth-order valence-corrected chi connectivity index (χ4v) is 3.18.